The van der Waals surface area contributed by atoms with E-state index in [1.165, 1.54) is 40.8 Å². The first-order valence-electron chi connectivity index (χ1n) is 9.73. The second-order valence-electron chi connectivity index (χ2n) is 7.64. The molecule has 1 aliphatic heterocycles. The monoisotopic (exact) mass is 353 g/mol. The Balaban J connectivity index is 1.80. The van der Waals surface area contributed by atoms with Crippen molar-refractivity contribution in [3.8, 4) is 0 Å². The van der Waals surface area contributed by atoms with Crippen LogP contribution in [0.25, 0.3) is 12.2 Å². The molecule has 0 radical (unpaired) electrons. The van der Waals surface area contributed by atoms with Gasteiger partial charge >= 0.3 is 0 Å². The Kier molecular flexibility index (Phi) is 3.82. The van der Waals surface area contributed by atoms with Gasteiger partial charge in [-0.05, 0) is 80.0 Å². The molecule has 0 saturated heterocycles. The highest BCUT2D eigenvalue weighted by Crippen LogP contribution is 2.43. The number of fused-ring (bicyclic) bond motifs is 3. The summed E-state index contributed by atoms with van der Waals surface area (Å²) in [6.45, 7) is 4.19. The van der Waals surface area contributed by atoms with Gasteiger partial charge in [0.1, 0.15) is 11.6 Å². The first-order valence-corrected chi connectivity index (χ1v) is 9.73. The normalized spacial score (nSPS) is 15.0. The summed E-state index contributed by atoms with van der Waals surface area (Å²) in [5.74, 6) is 1.93. The molecule has 3 aromatic rings. The Morgan fingerprint density at radius 1 is 0.815 bits per heavy atom. The van der Waals surface area contributed by atoms with Crippen LogP contribution >= 0.6 is 0 Å². The summed E-state index contributed by atoms with van der Waals surface area (Å²) in [6, 6.07) is 11.1. The minimum atomic E-state index is 0.964. The summed E-state index contributed by atoms with van der Waals surface area (Å²) < 4.78 is 0. The van der Waals surface area contributed by atoms with Crippen molar-refractivity contribution < 1.29 is 0 Å². The van der Waals surface area contributed by atoms with Crippen molar-refractivity contribution in [2.75, 3.05) is 4.90 Å². The zero-order valence-electron chi connectivity index (χ0n) is 15.9. The summed E-state index contributed by atoms with van der Waals surface area (Å²) in [4.78, 5) is 12.0. The number of anilines is 3. The average molecular weight is 353 g/mol. The van der Waals surface area contributed by atoms with Crippen LogP contribution in [0, 0.1) is 13.8 Å². The number of nitrogens with zero attached hydrogens (tertiary/aromatic N) is 3. The van der Waals surface area contributed by atoms with Crippen molar-refractivity contribution in [2.45, 2.75) is 39.5 Å². The standard InChI is InChI=1S/C24H23N3/c1-16-12-19-10-11-20-13-17(2)15-26-24(20)27(23(19)25-14-16)22-9-5-7-18-6-3-4-8-21(18)22/h5,7,9-15H,3-4,6,8H2,1-2H3. The molecule has 1 aromatic carbocycles. The second kappa shape index (κ2) is 6.34. The smallest absolute Gasteiger partial charge is 0.146 e. The Bertz CT molecular complexity index is 1010. The maximum atomic E-state index is 4.84. The van der Waals surface area contributed by atoms with Crippen LogP contribution in [0.15, 0.2) is 42.7 Å². The average Bonchev–Trinajstić information content (AvgIpc) is 2.84. The zero-order valence-corrected chi connectivity index (χ0v) is 15.9. The van der Waals surface area contributed by atoms with Crippen molar-refractivity contribution in [3.05, 3.63) is 76.1 Å². The van der Waals surface area contributed by atoms with E-state index >= 15 is 0 Å². The summed E-state index contributed by atoms with van der Waals surface area (Å²) in [5.41, 5.74) is 8.77. The number of aromatic nitrogens is 2. The molecule has 1 aliphatic carbocycles. The van der Waals surface area contributed by atoms with Gasteiger partial charge in [-0.3, -0.25) is 4.90 Å². The molecule has 0 bridgehead atoms. The SMILES string of the molecule is Cc1cnc2c(c1)C=Cc1cc(C)cnc1N2c1cccc2c1CCCC2. The number of hydrogen-bond acceptors (Lipinski definition) is 3. The third kappa shape index (κ3) is 2.74. The van der Waals surface area contributed by atoms with Gasteiger partial charge in [0.25, 0.3) is 0 Å². The van der Waals surface area contributed by atoms with Crippen molar-refractivity contribution >= 4 is 29.5 Å². The minimum absolute atomic E-state index is 0.964. The number of rotatable bonds is 1. The number of benzene rings is 1. The molecule has 3 nitrogen and oxygen atoms in total. The van der Waals surface area contributed by atoms with Gasteiger partial charge in [0.05, 0.1) is 5.69 Å². The molecule has 0 atom stereocenters. The number of aryl methyl sites for hydroxylation is 3. The van der Waals surface area contributed by atoms with Crippen molar-refractivity contribution in [3.63, 3.8) is 0 Å². The van der Waals surface area contributed by atoms with Crippen molar-refractivity contribution in [1.29, 1.82) is 0 Å². The fraction of sp³-hybridized carbons (Fsp3) is 0.250. The Morgan fingerprint density at radius 2 is 1.44 bits per heavy atom. The van der Waals surface area contributed by atoms with Gasteiger partial charge in [-0.2, -0.15) is 0 Å². The van der Waals surface area contributed by atoms with Crippen LogP contribution in [0.3, 0.4) is 0 Å². The predicted molar refractivity (Wildman–Crippen MR) is 112 cm³/mol. The second-order valence-corrected chi connectivity index (χ2v) is 7.64. The van der Waals surface area contributed by atoms with Crippen molar-refractivity contribution in [1.82, 2.24) is 9.97 Å². The maximum absolute atomic E-state index is 4.84. The fourth-order valence-electron chi connectivity index (χ4n) is 4.27. The van der Waals surface area contributed by atoms with Gasteiger partial charge in [-0.25, -0.2) is 9.97 Å². The van der Waals surface area contributed by atoms with Crippen LogP contribution in [0.5, 0.6) is 0 Å². The molecule has 3 heterocycles. The quantitative estimate of drug-likeness (QED) is 0.425. The van der Waals surface area contributed by atoms with Crippen LogP contribution in [0.4, 0.5) is 17.3 Å². The van der Waals surface area contributed by atoms with E-state index < -0.39 is 0 Å². The first kappa shape index (κ1) is 16.2. The molecule has 0 amide bonds. The molecule has 27 heavy (non-hydrogen) atoms. The maximum Gasteiger partial charge on any atom is 0.146 e. The van der Waals surface area contributed by atoms with E-state index in [0.29, 0.717) is 0 Å². The fourth-order valence-corrected chi connectivity index (χ4v) is 4.27. The molecule has 3 heteroatoms. The molecule has 5 rings (SSSR count). The van der Waals surface area contributed by atoms with Gasteiger partial charge in [0.15, 0.2) is 0 Å². The highest BCUT2D eigenvalue weighted by Gasteiger charge is 2.26. The van der Waals surface area contributed by atoms with E-state index in [2.05, 4.69) is 61.2 Å². The van der Waals surface area contributed by atoms with E-state index in [9.17, 15) is 0 Å². The van der Waals surface area contributed by atoms with Gasteiger partial charge in [-0.1, -0.05) is 24.3 Å². The van der Waals surface area contributed by atoms with Gasteiger partial charge in [-0.15, -0.1) is 0 Å². The lowest BCUT2D eigenvalue weighted by Crippen LogP contribution is -2.18. The summed E-state index contributed by atoms with van der Waals surface area (Å²) >= 11 is 0. The Morgan fingerprint density at radius 3 is 2.11 bits per heavy atom. The highest BCUT2D eigenvalue weighted by atomic mass is 15.2. The van der Waals surface area contributed by atoms with E-state index in [4.69, 9.17) is 9.97 Å². The van der Waals surface area contributed by atoms with E-state index in [-0.39, 0.29) is 0 Å². The third-order valence-electron chi connectivity index (χ3n) is 5.54. The van der Waals surface area contributed by atoms with Gasteiger partial charge < -0.3 is 0 Å². The third-order valence-corrected chi connectivity index (χ3v) is 5.54. The Labute approximate surface area is 160 Å². The van der Waals surface area contributed by atoms with Gasteiger partial charge in [0.2, 0.25) is 0 Å². The van der Waals surface area contributed by atoms with Crippen LogP contribution in [-0.4, -0.2) is 9.97 Å². The molecule has 0 saturated carbocycles. The van der Waals surface area contributed by atoms with Crippen LogP contribution in [0.2, 0.25) is 0 Å². The lowest BCUT2D eigenvalue weighted by molar-refractivity contribution is 0.685. The molecule has 2 aliphatic rings. The molecule has 0 unspecified atom stereocenters. The zero-order chi connectivity index (χ0) is 18.4. The van der Waals surface area contributed by atoms with Crippen LogP contribution in [0.1, 0.15) is 46.2 Å². The predicted octanol–water partition coefficient (Wildman–Crippen LogP) is 5.93. The van der Waals surface area contributed by atoms with Crippen molar-refractivity contribution in [2.24, 2.45) is 0 Å². The first-order chi connectivity index (χ1) is 13.2. The number of hydrogen-bond donors (Lipinski definition) is 0. The molecule has 0 spiro atoms. The number of pyridine rings is 2. The highest BCUT2D eigenvalue weighted by molar-refractivity contribution is 5.91. The lowest BCUT2D eigenvalue weighted by Gasteiger charge is -2.29. The topological polar surface area (TPSA) is 29.0 Å². The molecule has 134 valence electrons. The molecule has 0 N–H and O–H groups in total. The Hall–Kier alpha value is -2.94. The molecular weight excluding hydrogens is 330 g/mol. The van der Waals surface area contributed by atoms with Crippen LogP contribution in [-0.2, 0) is 12.8 Å². The molecular formula is C24H23N3. The van der Waals surface area contributed by atoms with E-state index in [1.807, 2.05) is 12.4 Å². The van der Waals surface area contributed by atoms with E-state index in [0.717, 1.165) is 35.6 Å². The van der Waals surface area contributed by atoms with Gasteiger partial charge in [0, 0.05) is 23.5 Å². The largest absolute Gasteiger partial charge is 0.278 e. The molecule has 2 aromatic heterocycles. The molecule has 0 fully saturated rings. The summed E-state index contributed by atoms with van der Waals surface area (Å²) in [5, 5.41) is 0. The lowest BCUT2D eigenvalue weighted by atomic mass is 9.90. The summed E-state index contributed by atoms with van der Waals surface area (Å²) in [7, 11) is 0. The van der Waals surface area contributed by atoms with Crippen LogP contribution < -0.4 is 4.90 Å². The van der Waals surface area contributed by atoms with E-state index in [1.54, 1.807) is 0 Å². The summed E-state index contributed by atoms with van der Waals surface area (Å²) in [6.07, 6.45) is 13.1. The minimum Gasteiger partial charge on any atom is -0.278 e.